The van der Waals surface area contributed by atoms with Crippen LogP contribution in [-0.4, -0.2) is 44.0 Å². The highest BCUT2D eigenvalue weighted by atomic mass is 16.7. The van der Waals surface area contributed by atoms with Gasteiger partial charge >= 0.3 is 18.1 Å². The van der Waals surface area contributed by atoms with E-state index in [0.29, 0.717) is 18.4 Å². The molecular weight excluding hydrogens is 532 g/mol. The van der Waals surface area contributed by atoms with Gasteiger partial charge in [0, 0.05) is 12.3 Å². The van der Waals surface area contributed by atoms with Crippen molar-refractivity contribution in [3.8, 4) is 0 Å². The summed E-state index contributed by atoms with van der Waals surface area (Å²) in [6, 6.07) is 0. The van der Waals surface area contributed by atoms with Crippen LogP contribution in [0.5, 0.6) is 0 Å². The molecule has 9 atom stereocenters. The zero-order valence-electron chi connectivity index (χ0n) is 26.9. The fraction of sp³-hybridized carbons (Fsp3) is 0.857. The fourth-order valence-corrected chi connectivity index (χ4v) is 11.6. The molecule has 7 nitrogen and oxygen atoms in total. The molecule has 1 saturated heterocycles. The SMILES string of the molecule is CC(=O)OCCOC(=O)[C@]12CCC(C)(C)C[C@@H]1C1=CC[C@@H]3[C@@]4(C)CCC5OC(=O)OC[C@]5(C)C4CC[C@@]3(C)[C@]1(C)CC2. The average Bonchev–Trinajstić information content (AvgIpc) is 2.91. The number of rotatable bonds is 4. The van der Waals surface area contributed by atoms with E-state index < -0.39 is 11.6 Å². The van der Waals surface area contributed by atoms with Crippen molar-refractivity contribution in [1.29, 1.82) is 0 Å². The molecule has 0 amide bonds. The first-order valence-corrected chi connectivity index (χ1v) is 16.5. The van der Waals surface area contributed by atoms with E-state index in [0.717, 1.165) is 64.2 Å². The molecule has 6 aliphatic rings. The fourth-order valence-electron chi connectivity index (χ4n) is 11.6. The van der Waals surface area contributed by atoms with Crippen molar-refractivity contribution in [3.63, 3.8) is 0 Å². The molecule has 0 aromatic heterocycles. The maximum atomic E-state index is 13.9. The van der Waals surface area contributed by atoms with Crippen LogP contribution in [-0.2, 0) is 28.5 Å². The summed E-state index contributed by atoms with van der Waals surface area (Å²) in [5, 5.41) is 0. The number of allylic oxidation sites excluding steroid dienone is 2. The second kappa shape index (κ2) is 9.72. The molecule has 0 bridgehead atoms. The minimum atomic E-state index is -0.509. The van der Waals surface area contributed by atoms with E-state index in [1.807, 2.05) is 0 Å². The highest BCUT2D eigenvalue weighted by molar-refractivity contribution is 5.79. The van der Waals surface area contributed by atoms with Crippen molar-refractivity contribution < 1.29 is 33.3 Å². The molecule has 2 unspecified atom stereocenters. The van der Waals surface area contributed by atoms with E-state index in [1.54, 1.807) is 0 Å². The normalized spacial score (nSPS) is 47.0. The summed E-state index contributed by atoms with van der Waals surface area (Å²) < 4.78 is 22.2. The molecule has 0 aromatic rings. The lowest BCUT2D eigenvalue weighted by atomic mass is 9.33. The van der Waals surface area contributed by atoms with Crippen LogP contribution in [0.15, 0.2) is 11.6 Å². The summed E-state index contributed by atoms with van der Waals surface area (Å²) in [7, 11) is 0. The number of fused-ring (bicyclic) bond motifs is 9. The van der Waals surface area contributed by atoms with Gasteiger partial charge in [0.1, 0.15) is 25.9 Å². The van der Waals surface area contributed by atoms with Crippen molar-refractivity contribution in [2.45, 2.75) is 119 Å². The second-order valence-electron chi connectivity index (χ2n) is 16.5. The molecule has 234 valence electrons. The Labute approximate surface area is 251 Å². The van der Waals surface area contributed by atoms with Gasteiger partial charge in [-0.15, -0.1) is 0 Å². The molecule has 0 radical (unpaired) electrons. The summed E-state index contributed by atoms with van der Waals surface area (Å²) >= 11 is 0. The lowest BCUT2D eigenvalue weighted by Crippen LogP contribution is -2.67. The predicted octanol–water partition coefficient (Wildman–Crippen LogP) is 7.41. The van der Waals surface area contributed by atoms with Gasteiger partial charge in [0.2, 0.25) is 0 Å². The maximum Gasteiger partial charge on any atom is 0.508 e. The zero-order valence-corrected chi connectivity index (χ0v) is 26.9. The number of carbonyl (C=O) groups is 3. The number of ether oxygens (including phenoxy) is 4. The number of hydrogen-bond acceptors (Lipinski definition) is 7. The Morgan fingerprint density at radius 2 is 1.60 bits per heavy atom. The van der Waals surface area contributed by atoms with Gasteiger partial charge in [-0.1, -0.05) is 53.2 Å². The molecule has 5 fully saturated rings. The topological polar surface area (TPSA) is 88.1 Å². The molecular formula is C35H52O7. The first kappa shape index (κ1) is 30.0. The van der Waals surface area contributed by atoms with Crippen molar-refractivity contribution in [2.24, 2.45) is 50.2 Å². The highest BCUT2D eigenvalue weighted by Crippen LogP contribution is 2.76. The molecule has 5 aliphatic carbocycles. The second-order valence-corrected chi connectivity index (χ2v) is 16.5. The third-order valence-corrected chi connectivity index (χ3v) is 14.1. The van der Waals surface area contributed by atoms with Crippen LogP contribution in [0, 0.1) is 50.2 Å². The van der Waals surface area contributed by atoms with E-state index >= 15 is 0 Å². The van der Waals surface area contributed by atoms with Crippen LogP contribution in [0.2, 0.25) is 0 Å². The summed E-state index contributed by atoms with van der Waals surface area (Å²) in [6.45, 7) is 16.7. The van der Waals surface area contributed by atoms with Crippen LogP contribution in [0.25, 0.3) is 0 Å². The highest BCUT2D eigenvalue weighted by Gasteiger charge is 2.70. The molecule has 7 heteroatoms. The Morgan fingerprint density at radius 3 is 2.33 bits per heavy atom. The van der Waals surface area contributed by atoms with Gasteiger partial charge in [0.25, 0.3) is 0 Å². The van der Waals surface area contributed by atoms with Crippen LogP contribution in [0.3, 0.4) is 0 Å². The van der Waals surface area contributed by atoms with E-state index in [-0.39, 0.29) is 64.2 Å². The van der Waals surface area contributed by atoms with E-state index in [2.05, 4.69) is 47.6 Å². The van der Waals surface area contributed by atoms with Crippen LogP contribution in [0.4, 0.5) is 4.79 Å². The van der Waals surface area contributed by atoms with Gasteiger partial charge in [0.15, 0.2) is 0 Å². The van der Waals surface area contributed by atoms with Crippen LogP contribution >= 0.6 is 0 Å². The Morgan fingerprint density at radius 1 is 0.881 bits per heavy atom. The molecule has 4 saturated carbocycles. The van der Waals surface area contributed by atoms with Gasteiger partial charge in [-0.3, -0.25) is 9.59 Å². The van der Waals surface area contributed by atoms with Crippen LogP contribution < -0.4 is 0 Å². The summed E-state index contributed by atoms with van der Waals surface area (Å²) in [4.78, 5) is 37.2. The van der Waals surface area contributed by atoms with Gasteiger partial charge in [-0.2, -0.15) is 0 Å². The monoisotopic (exact) mass is 584 g/mol. The molecule has 0 aromatic carbocycles. The van der Waals surface area contributed by atoms with Crippen LogP contribution in [0.1, 0.15) is 113 Å². The number of esters is 2. The Kier molecular flexibility index (Phi) is 6.95. The maximum absolute atomic E-state index is 13.9. The first-order chi connectivity index (χ1) is 19.6. The van der Waals surface area contributed by atoms with Crippen molar-refractivity contribution in [3.05, 3.63) is 11.6 Å². The quantitative estimate of drug-likeness (QED) is 0.147. The van der Waals surface area contributed by atoms with Gasteiger partial charge in [-0.25, -0.2) is 4.79 Å². The average molecular weight is 585 g/mol. The third kappa shape index (κ3) is 4.13. The minimum Gasteiger partial charge on any atom is -0.462 e. The van der Waals surface area contributed by atoms with Gasteiger partial charge in [-0.05, 0) is 104 Å². The smallest absolute Gasteiger partial charge is 0.462 e. The predicted molar refractivity (Wildman–Crippen MR) is 157 cm³/mol. The van der Waals surface area contributed by atoms with Gasteiger partial charge < -0.3 is 18.9 Å². The molecule has 1 heterocycles. The van der Waals surface area contributed by atoms with Crippen molar-refractivity contribution >= 4 is 18.1 Å². The zero-order chi connectivity index (χ0) is 30.3. The first-order valence-electron chi connectivity index (χ1n) is 16.5. The van der Waals surface area contributed by atoms with Gasteiger partial charge in [0.05, 0.1) is 5.41 Å². The lowest BCUT2D eigenvalue weighted by Gasteiger charge is -2.71. The molecule has 0 N–H and O–H groups in total. The third-order valence-electron chi connectivity index (χ3n) is 14.1. The summed E-state index contributed by atoms with van der Waals surface area (Å²) in [6.07, 6.45) is 11.9. The van der Waals surface area contributed by atoms with E-state index in [4.69, 9.17) is 18.9 Å². The van der Waals surface area contributed by atoms with E-state index in [9.17, 15) is 14.4 Å². The Bertz CT molecular complexity index is 1190. The Balaban J connectivity index is 1.33. The number of carbonyl (C=O) groups excluding carboxylic acids is 3. The molecule has 1 aliphatic heterocycles. The largest absolute Gasteiger partial charge is 0.508 e. The van der Waals surface area contributed by atoms with Crippen molar-refractivity contribution in [1.82, 2.24) is 0 Å². The molecule has 42 heavy (non-hydrogen) atoms. The minimum absolute atomic E-state index is 0.0107. The standard InChI is InChI=1S/C35H52O7/c1-22(36)39-18-19-40-28(37)35-16-14-30(2,3)20-24(35)23-8-9-26-31(4)12-11-27-32(5,21-41-29(38)42-27)25(31)10-13-34(26,7)33(23,6)15-17-35/h8,24-27H,9-21H2,1-7H3/t24-,25?,26-,27?,31+,32-,33-,34-,35+/m1/s1. The number of hydrogen-bond donors (Lipinski definition) is 0. The number of cyclic esters (lactones) is 1. The summed E-state index contributed by atoms with van der Waals surface area (Å²) in [5.41, 5.74) is 1.27. The molecule has 6 rings (SSSR count). The van der Waals surface area contributed by atoms with E-state index in [1.165, 1.54) is 12.5 Å². The lowest BCUT2D eigenvalue weighted by molar-refractivity contribution is -0.235. The molecule has 0 spiro atoms. The summed E-state index contributed by atoms with van der Waals surface area (Å²) in [5.74, 6) is 0.681. The van der Waals surface area contributed by atoms with Crippen molar-refractivity contribution in [2.75, 3.05) is 19.8 Å². The Hall–Kier alpha value is -2.05.